The molecule has 0 unspecified atom stereocenters. The maximum Gasteiger partial charge on any atom is 0.260 e. The van der Waals surface area contributed by atoms with E-state index in [1.54, 1.807) is 15.9 Å². The number of likely N-dealkylation sites (tertiary alicyclic amines) is 1. The molecule has 0 aromatic heterocycles. The Morgan fingerprint density at radius 2 is 1.89 bits per heavy atom. The first kappa shape index (κ1) is 18.5. The molecule has 4 rings (SSSR count). The summed E-state index contributed by atoms with van der Waals surface area (Å²) in [4.78, 5) is 29.2. The van der Waals surface area contributed by atoms with Crippen molar-refractivity contribution in [1.29, 1.82) is 0 Å². The van der Waals surface area contributed by atoms with Crippen LogP contribution in [-0.4, -0.2) is 29.9 Å². The second-order valence-electron chi connectivity index (χ2n) is 7.10. The van der Waals surface area contributed by atoms with Gasteiger partial charge in [0.1, 0.15) is 6.67 Å². The lowest BCUT2D eigenvalue weighted by molar-refractivity contribution is -0.127. The Morgan fingerprint density at radius 3 is 2.64 bits per heavy atom. The molecule has 1 aliphatic rings. The summed E-state index contributed by atoms with van der Waals surface area (Å²) in [5, 5.41) is 2.50. The van der Waals surface area contributed by atoms with Crippen molar-refractivity contribution in [1.82, 2.24) is 4.90 Å². The molecule has 28 heavy (non-hydrogen) atoms. The second-order valence-corrected chi connectivity index (χ2v) is 7.50. The third-order valence-electron chi connectivity index (χ3n) is 5.22. The minimum Gasteiger partial charge on any atom is -0.324 e. The highest BCUT2D eigenvalue weighted by Crippen LogP contribution is 2.28. The normalized spacial score (nSPS) is 13.9. The minimum absolute atomic E-state index is 0.0777. The third-order valence-corrected chi connectivity index (χ3v) is 5.62. The Labute approximate surface area is 169 Å². The fourth-order valence-electron chi connectivity index (χ4n) is 3.59. The van der Waals surface area contributed by atoms with Gasteiger partial charge in [-0.05, 0) is 47.9 Å². The Hall–Kier alpha value is -2.85. The van der Waals surface area contributed by atoms with Gasteiger partial charge in [0.25, 0.3) is 5.91 Å². The molecule has 0 bridgehead atoms. The number of amides is 2. The van der Waals surface area contributed by atoms with Crippen LogP contribution in [0.4, 0.5) is 5.69 Å². The molecular formula is C23H21ClN2O2. The van der Waals surface area contributed by atoms with Crippen molar-refractivity contribution < 1.29 is 9.59 Å². The van der Waals surface area contributed by atoms with Gasteiger partial charge in [0.05, 0.1) is 0 Å². The molecule has 142 valence electrons. The number of benzene rings is 3. The van der Waals surface area contributed by atoms with E-state index >= 15 is 0 Å². The number of hydrogen-bond acceptors (Lipinski definition) is 2. The zero-order chi connectivity index (χ0) is 19.7. The van der Waals surface area contributed by atoms with Gasteiger partial charge in [0, 0.05) is 29.2 Å². The molecule has 0 aliphatic carbocycles. The van der Waals surface area contributed by atoms with Crippen molar-refractivity contribution in [3.63, 3.8) is 0 Å². The van der Waals surface area contributed by atoms with E-state index in [2.05, 4.69) is 0 Å². The van der Waals surface area contributed by atoms with Gasteiger partial charge in [-0.1, -0.05) is 54.1 Å². The van der Waals surface area contributed by atoms with Gasteiger partial charge in [-0.15, -0.1) is 0 Å². The summed E-state index contributed by atoms with van der Waals surface area (Å²) in [5.74, 6) is -0.0645. The number of halogens is 1. The minimum atomic E-state index is -0.142. The summed E-state index contributed by atoms with van der Waals surface area (Å²) in [6, 6.07) is 19.1. The molecule has 0 radical (unpaired) electrons. The van der Waals surface area contributed by atoms with Gasteiger partial charge in [-0.25, -0.2) is 0 Å². The Kier molecular flexibility index (Phi) is 5.05. The highest BCUT2D eigenvalue weighted by Gasteiger charge is 2.27. The fourth-order valence-corrected chi connectivity index (χ4v) is 3.77. The monoisotopic (exact) mass is 392 g/mol. The Bertz CT molecular complexity index is 1060. The lowest BCUT2D eigenvalue weighted by Crippen LogP contribution is -2.42. The van der Waals surface area contributed by atoms with Crippen LogP contribution < -0.4 is 4.90 Å². The maximum atomic E-state index is 13.6. The Morgan fingerprint density at radius 1 is 1.11 bits per heavy atom. The predicted octanol–water partition coefficient (Wildman–Crippen LogP) is 5.03. The first-order valence-corrected chi connectivity index (χ1v) is 9.76. The summed E-state index contributed by atoms with van der Waals surface area (Å²) in [5.41, 5.74) is 2.25. The maximum absolute atomic E-state index is 13.6. The second kappa shape index (κ2) is 7.64. The third kappa shape index (κ3) is 3.48. The number of aryl methyl sites for hydroxylation is 1. The average Bonchev–Trinajstić information content (AvgIpc) is 3.12. The summed E-state index contributed by atoms with van der Waals surface area (Å²) in [6.45, 7) is 2.81. The first-order chi connectivity index (χ1) is 13.5. The zero-order valence-electron chi connectivity index (χ0n) is 15.7. The smallest absolute Gasteiger partial charge is 0.260 e. The molecule has 0 atom stereocenters. The van der Waals surface area contributed by atoms with Gasteiger partial charge in [-0.3, -0.25) is 14.5 Å². The standard InChI is InChI=1S/C23H21ClN2O2/c1-16-11-12-18(14-21(16)24)26(15-25-13-5-10-22(25)27)23(28)20-9-4-7-17-6-2-3-8-19(17)20/h2-4,6-9,11-12,14H,5,10,13,15H2,1H3. The van der Waals surface area contributed by atoms with Crippen molar-refractivity contribution in [2.75, 3.05) is 18.1 Å². The Balaban J connectivity index is 1.78. The topological polar surface area (TPSA) is 40.6 Å². The van der Waals surface area contributed by atoms with E-state index in [-0.39, 0.29) is 18.5 Å². The van der Waals surface area contributed by atoms with Crippen LogP contribution >= 0.6 is 11.6 Å². The molecule has 1 fully saturated rings. The van der Waals surface area contributed by atoms with E-state index in [4.69, 9.17) is 11.6 Å². The summed E-state index contributed by atoms with van der Waals surface area (Å²) >= 11 is 6.33. The van der Waals surface area contributed by atoms with Crippen molar-refractivity contribution >= 4 is 39.9 Å². The molecule has 1 heterocycles. The quantitative estimate of drug-likeness (QED) is 0.624. The number of rotatable bonds is 4. The van der Waals surface area contributed by atoms with E-state index in [0.717, 1.165) is 22.8 Å². The van der Waals surface area contributed by atoms with Crippen LogP contribution in [0.2, 0.25) is 5.02 Å². The number of hydrogen-bond donors (Lipinski definition) is 0. The van der Waals surface area contributed by atoms with Crippen molar-refractivity contribution in [3.05, 3.63) is 76.8 Å². The van der Waals surface area contributed by atoms with Gasteiger partial charge < -0.3 is 4.90 Å². The molecule has 3 aromatic carbocycles. The molecule has 4 nitrogen and oxygen atoms in total. The SMILES string of the molecule is Cc1ccc(N(CN2CCCC2=O)C(=O)c2cccc3ccccc23)cc1Cl. The highest BCUT2D eigenvalue weighted by atomic mass is 35.5. The molecule has 3 aromatic rings. The molecule has 1 aliphatic heterocycles. The first-order valence-electron chi connectivity index (χ1n) is 9.38. The predicted molar refractivity (Wildman–Crippen MR) is 113 cm³/mol. The molecular weight excluding hydrogens is 372 g/mol. The number of carbonyl (C=O) groups is 2. The largest absolute Gasteiger partial charge is 0.324 e. The van der Waals surface area contributed by atoms with Crippen LogP contribution in [0.25, 0.3) is 10.8 Å². The number of carbonyl (C=O) groups excluding carboxylic acids is 2. The molecule has 2 amide bonds. The van der Waals surface area contributed by atoms with Gasteiger partial charge in [0.2, 0.25) is 5.91 Å². The van der Waals surface area contributed by atoms with Crippen LogP contribution in [0, 0.1) is 6.92 Å². The van der Waals surface area contributed by atoms with Crippen molar-refractivity contribution in [2.24, 2.45) is 0 Å². The van der Waals surface area contributed by atoms with E-state index < -0.39 is 0 Å². The molecule has 0 N–H and O–H groups in total. The molecule has 1 saturated heterocycles. The lowest BCUT2D eigenvalue weighted by atomic mass is 10.0. The number of nitrogens with zero attached hydrogens (tertiary/aromatic N) is 2. The summed E-state index contributed by atoms with van der Waals surface area (Å²) in [7, 11) is 0. The number of fused-ring (bicyclic) bond motifs is 1. The van der Waals surface area contributed by atoms with E-state index in [0.29, 0.717) is 29.2 Å². The molecule has 0 saturated carbocycles. The van der Waals surface area contributed by atoms with Gasteiger partial charge in [-0.2, -0.15) is 0 Å². The fraction of sp³-hybridized carbons (Fsp3) is 0.217. The van der Waals surface area contributed by atoms with Crippen LogP contribution in [0.3, 0.4) is 0 Å². The summed E-state index contributed by atoms with van der Waals surface area (Å²) < 4.78 is 0. The van der Waals surface area contributed by atoms with Crippen LogP contribution in [0.1, 0.15) is 28.8 Å². The average molecular weight is 393 g/mol. The van der Waals surface area contributed by atoms with Gasteiger partial charge in [0.15, 0.2) is 0 Å². The molecule has 5 heteroatoms. The van der Waals surface area contributed by atoms with Crippen LogP contribution in [0.5, 0.6) is 0 Å². The van der Waals surface area contributed by atoms with E-state index in [9.17, 15) is 9.59 Å². The zero-order valence-corrected chi connectivity index (χ0v) is 16.4. The van der Waals surface area contributed by atoms with Gasteiger partial charge >= 0.3 is 0 Å². The van der Waals surface area contributed by atoms with Crippen LogP contribution in [-0.2, 0) is 4.79 Å². The number of anilines is 1. The highest BCUT2D eigenvalue weighted by molar-refractivity contribution is 6.31. The van der Waals surface area contributed by atoms with E-state index in [1.807, 2.05) is 61.5 Å². The lowest BCUT2D eigenvalue weighted by Gasteiger charge is -2.29. The van der Waals surface area contributed by atoms with Crippen molar-refractivity contribution in [3.8, 4) is 0 Å². The van der Waals surface area contributed by atoms with Crippen LogP contribution in [0.15, 0.2) is 60.7 Å². The summed E-state index contributed by atoms with van der Waals surface area (Å²) in [6.07, 6.45) is 1.36. The van der Waals surface area contributed by atoms with E-state index in [1.165, 1.54) is 0 Å². The van der Waals surface area contributed by atoms with Crippen molar-refractivity contribution in [2.45, 2.75) is 19.8 Å². The molecule has 0 spiro atoms.